The van der Waals surface area contributed by atoms with Crippen molar-refractivity contribution >= 4 is 22.6 Å². The molecule has 0 atom stereocenters. The van der Waals surface area contributed by atoms with Crippen LogP contribution in [0.25, 0.3) is 0 Å². The molecule has 0 unspecified atom stereocenters. The molecule has 1 rings (SSSR count). The summed E-state index contributed by atoms with van der Waals surface area (Å²) in [5.41, 5.74) is 0.355. The summed E-state index contributed by atoms with van der Waals surface area (Å²) in [5.74, 6) is -0.307. The SMILES string of the molecule is COCc1ncc(I)cc1F. The molecule has 0 aromatic carbocycles. The number of hydrogen-bond donors (Lipinski definition) is 0. The molecule has 4 heteroatoms. The van der Waals surface area contributed by atoms with Crippen LogP contribution in [0.5, 0.6) is 0 Å². The second-order valence-electron chi connectivity index (χ2n) is 2.02. The van der Waals surface area contributed by atoms with Gasteiger partial charge in [-0.25, -0.2) is 4.39 Å². The van der Waals surface area contributed by atoms with Crippen LogP contribution < -0.4 is 0 Å². The van der Waals surface area contributed by atoms with E-state index < -0.39 is 0 Å². The molecule has 0 radical (unpaired) electrons. The molecule has 0 N–H and O–H groups in total. The summed E-state index contributed by atoms with van der Waals surface area (Å²) in [4.78, 5) is 3.86. The molecule has 0 aliphatic heterocycles. The predicted molar refractivity (Wildman–Crippen MR) is 47.6 cm³/mol. The number of pyridine rings is 1. The first kappa shape index (κ1) is 8.86. The Bertz CT molecular complexity index is 254. The van der Waals surface area contributed by atoms with E-state index in [2.05, 4.69) is 4.98 Å². The average Bonchev–Trinajstić information content (AvgIpc) is 1.95. The standard InChI is InChI=1S/C7H7FINO/c1-11-4-7-6(8)2-5(9)3-10-7/h2-3H,4H2,1H3. The Morgan fingerprint density at radius 3 is 3.00 bits per heavy atom. The Kier molecular flexibility index (Phi) is 3.19. The maximum absolute atomic E-state index is 12.9. The second kappa shape index (κ2) is 3.96. The first-order valence-electron chi connectivity index (χ1n) is 3.03. The quantitative estimate of drug-likeness (QED) is 0.764. The van der Waals surface area contributed by atoms with E-state index in [9.17, 15) is 4.39 Å². The minimum atomic E-state index is -0.307. The van der Waals surface area contributed by atoms with Crippen molar-refractivity contribution in [1.29, 1.82) is 0 Å². The lowest BCUT2D eigenvalue weighted by Gasteiger charge is -1.99. The molecular formula is C7H7FINO. The highest BCUT2D eigenvalue weighted by Gasteiger charge is 2.02. The van der Waals surface area contributed by atoms with E-state index in [0.717, 1.165) is 3.57 Å². The van der Waals surface area contributed by atoms with Crippen LogP contribution in [0, 0.1) is 9.39 Å². The molecule has 0 fully saturated rings. The van der Waals surface area contributed by atoms with Gasteiger partial charge in [0.2, 0.25) is 0 Å². The number of methoxy groups -OCH3 is 1. The molecule has 11 heavy (non-hydrogen) atoms. The maximum Gasteiger partial charge on any atom is 0.148 e. The molecule has 1 aromatic heterocycles. The molecule has 0 saturated heterocycles. The Morgan fingerprint density at radius 1 is 1.73 bits per heavy atom. The Morgan fingerprint density at radius 2 is 2.45 bits per heavy atom. The first-order chi connectivity index (χ1) is 5.24. The minimum Gasteiger partial charge on any atom is -0.378 e. The Hall–Kier alpha value is -0.230. The molecule has 2 nitrogen and oxygen atoms in total. The first-order valence-corrected chi connectivity index (χ1v) is 4.11. The van der Waals surface area contributed by atoms with E-state index in [4.69, 9.17) is 4.74 Å². The van der Waals surface area contributed by atoms with Gasteiger partial charge in [0, 0.05) is 16.9 Å². The van der Waals surface area contributed by atoms with Crippen molar-refractivity contribution in [3.05, 3.63) is 27.3 Å². The van der Waals surface area contributed by atoms with E-state index in [1.807, 2.05) is 22.6 Å². The molecule has 1 heterocycles. The molecule has 60 valence electrons. The van der Waals surface area contributed by atoms with Crippen molar-refractivity contribution < 1.29 is 9.13 Å². The van der Waals surface area contributed by atoms with E-state index in [1.165, 1.54) is 13.2 Å². The van der Waals surface area contributed by atoms with Crippen LogP contribution in [0.2, 0.25) is 0 Å². The molecule has 0 amide bonds. The summed E-state index contributed by atoms with van der Waals surface area (Å²) in [6.07, 6.45) is 1.61. The van der Waals surface area contributed by atoms with E-state index in [1.54, 1.807) is 6.20 Å². The fraction of sp³-hybridized carbons (Fsp3) is 0.286. The van der Waals surface area contributed by atoms with Crippen LogP contribution in [-0.4, -0.2) is 12.1 Å². The fourth-order valence-electron chi connectivity index (χ4n) is 0.686. The summed E-state index contributed by atoms with van der Waals surface area (Å²) in [6.45, 7) is 0.225. The summed E-state index contributed by atoms with van der Waals surface area (Å²) in [7, 11) is 1.51. The molecule has 0 saturated carbocycles. The van der Waals surface area contributed by atoms with Crippen molar-refractivity contribution in [2.45, 2.75) is 6.61 Å². The lowest BCUT2D eigenvalue weighted by atomic mass is 10.3. The maximum atomic E-state index is 12.9. The van der Waals surface area contributed by atoms with Crippen LogP contribution in [0.15, 0.2) is 12.3 Å². The Labute approximate surface area is 77.9 Å². The molecule has 0 bridgehead atoms. The molecule has 1 aromatic rings. The van der Waals surface area contributed by atoms with Crippen molar-refractivity contribution in [2.75, 3.05) is 7.11 Å². The number of ether oxygens (including phenoxy) is 1. The highest BCUT2D eigenvalue weighted by molar-refractivity contribution is 14.1. The van der Waals surface area contributed by atoms with E-state index in [-0.39, 0.29) is 12.4 Å². The van der Waals surface area contributed by atoms with Crippen molar-refractivity contribution in [1.82, 2.24) is 4.98 Å². The lowest BCUT2D eigenvalue weighted by molar-refractivity contribution is 0.177. The van der Waals surface area contributed by atoms with Gasteiger partial charge in [-0.1, -0.05) is 0 Å². The number of aromatic nitrogens is 1. The fourth-order valence-corrected chi connectivity index (χ4v) is 1.10. The van der Waals surface area contributed by atoms with Gasteiger partial charge in [-0.3, -0.25) is 4.98 Å². The van der Waals surface area contributed by atoms with Gasteiger partial charge in [0.05, 0.1) is 6.61 Å². The highest BCUT2D eigenvalue weighted by atomic mass is 127. The van der Waals surface area contributed by atoms with Gasteiger partial charge >= 0.3 is 0 Å². The summed E-state index contributed by atoms with van der Waals surface area (Å²) < 4.78 is 18.4. The number of hydrogen-bond acceptors (Lipinski definition) is 2. The summed E-state index contributed by atoms with van der Waals surface area (Å²) >= 11 is 2.01. The normalized spacial score (nSPS) is 10.1. The summed E-state index contributed by atoms with van der Waals surface area (Å²) in [6, 6.07) is 1.43. The third kappa shape index (κ3) is 2.37. The molecular weight excluding hydrogens is 260 g/mol. The Balaban J connectivity index is 2.90. The van der Waals surface area contributed by atoms with Gasteiger partial charge in [0.1, 0.15) is 11.5 Å². The van der Waals surface area contributed by atoms with Gasteiger partial charge in [0.25, 0.3) is 0 Å². The van der Waals surface area contributed by atoms with Gasteiger partial charge in [-0.05, 0) is 28.7 Å². The zero-order chi connectivity index (χ0) is 8.27. The zero-order valence-corrected chi connectivity index (χ0v) is 8.13. The van der Waals surface area contributed by atoms with Crippen molar-refractivity contribution in [2.24, 2.45) is 0 Å². The number of nitrogens with zero attached hydrogens (tertiary/aromatic N) is 1. The van der Waals surface area contributed by atoms with Gasteiger partial charge in [-0.2, -0.15) is 0 Å². The number of halogens is 2. The van der Waals surface area contributed by atoms with Crippen LogP contribution in [-0.2, 0) is 11.3 Å². The number of rotatable bonds is 2. The van der Waals surface area contributed by atoms with E-state index >= 15 is 0 Å². The second-order valence-corrected chi connectivity index (χ2v) is 3.26. The van der Waals surface area contributed by atoms with Crippen LogP contribution in [0.3, 0.4) is 0 Å². The third-order valence-electron chi connectivity index (χ3n) is 1.17. The predicted octanol–water partition coefficient (Wildman–Crippen LogP) is 1.97. The van der Waals surface area contributed by atoms with Crippen molar-refractivity contribution in [3.63, 3.8) is 0 Å². The minimum absolute atomic E-state index is 0.225. The van der Waals surface area contributed by atoms with E-state index in [0.29, 0.717) is 5.69 Å². The van der Waals surface area contributed by atoms with Gasteiger partial charge in [-0.15, -0.1) is 0 Å². The lowest BCUT2D eigenvalue weighted by Crippen LogP contribution is -1.96. The monoisotopic (exact) mass is 267 g/mol. The molecule has 0 spiro atoms. The van der Waals surface area contributed by atoms with Gasteiger partial charge in [0.15, 0.2) is 0 Å². The van der Waals surface area contributed by atoms with Crippen LogP contribution >= 0.6 is 22.6 Å². The highest BCUT2D eigenvalue weighted by Crippen LogP contribution is 2.09. The smallest absolute Gasteiger partial charge is 0.148 e. The topological polar surface area (TPSA) is 22.1 Å². The average molecular weight is 267 g/mol. The third-order valence-corrected chi connectivity index (χ3v) is 1.76. The molecule has 0 aliphatic rings. The molecule has 0 aliphatic carbocycles. The zero-order valence-electron chi connectivity index (χ0n) is 5.97. The summed E-state index contributed by atoms with van der Waals surface area (Å²) in [5, 5.41) is 0. The van der Waals surface area contributed by atoms with Crippen LogP contribution in [0.1, 0.15) is 5.69 Å². The largest absolute Gasteiger partial charge is 0.378 e. The van der Waals surface area contributed by atoms with Gasteiger partial charge < -0.3 is 4.74 Å². The van der Waals surface area contributed by atoms with Crippen LogP contribution in [0.4, 0.5) is 4.39 Å². The van der Waals surface area contributed by atoms with Crippen molar-refractivity contribution in [3.8, 4) is 0 Å².